The van der Waals surface area contributed by atoms with E-state index in [1.807, 2.05) is 37.4 Å². The van der Waals surface area contributed by atoms with Crippen LogP contribution in [-0.2, 0) is 19.5 Å². The number of halogens is 1. The lowest BCUT2D eigenvalue weighted by Crippen LogP contribution is -2.40. The van der Waals surface area contributed by atoms with Crippen molar-refractivity contribution in [2.24, 2.45) is 4.99 Å². The van der Waals surface area contributed by atoms with Crippen LogP contribution < -0.4 is 10.1 Å². The normalized spacial score (nSPS) is 13.9. The minimum absolute atomic E-state index is 0. The number of ether oxygens (including phenoxy) is 1. The molecule has 148 valence electrons. The van der Waals surface area contributed by atoms with Gasteiger partial charge in [-0.2, -0.15) is 0 Å². The lowest BCUT2D eigenvalue weighted by molar-refractivity contribution is 0.281. The summed E-state index contributed by atoms with van der Waals surface area (Å²) in [5.41, 5.74) is 0. The molecule has 2 aromatic rings. The van der Waals surface area contributed by atoms with E-state index in [0.717, 1.165) is 42.9 Å². The number of aliphatic imine (C=N–C) groups is 1. The van der Waals surface area contributed by atoms with Gasteiger partial charge in [0.1, 0.15) is 18.2 Å². The first-order chi connectivity index (χ1) is 12.8. The first-order valence-electron chi connectivity index (χ1n) is 9.28. The molecule has 1 aliphatic heterocycles. The van der Waals surface area contributed by atoms with E-state index in [1.165, 1.54) is 19.3 Å². The van der Waals surface area contributed by atoms with Crippen molar-refractivity contribution in [2.75, 3.05) is 27.2 Å². The van der Waals surface area contributed by atoms with Crippen molar-refractivity contribution >= 4 is 29.9 Å². The van der Waals surface area contributed by atoms with Crippen molar-refractivity contribution in [1.82, 2.24) is 25.0 Å². The van der Waals surface area contributed by atoms with Crippen LogP contribution in [0, 0.1) is 0 Å². The van der Waals surface area contributed by atoms with Crippen molar-refractivity contribution in [1.29, 1.82) is 0 Å². The predicted octanol–water partition coefficient (Wildman–Crippen LogP) is 2.71. The number of aromatic nitrogens is 3. The molecule has 0 bridgehead atoms. The zero-order valence-corrected chi connectivity index (χ0v) is 18.4. The zero-order chi connectivity index (χ0) is 18.2. The summed E-state index contributed by atoms with van der Waals surface area (Å²) in [5.74, 6) is 3.80. The van der Waals surface area contributed by atoms with E-state index < -0.39 is 0 Å². The smallest absolute Gasteiger partial charge is 0.193 e. The number of para-hydroxylation sites is 1. The summed E-state index contributed by atoms with van der Waals surface area (Å²) in [5, 5.41) is 12.1. The number of rotatable bonds is 6. The summed E-state index contributed by atoms with van der Waals surface area (Å²) in [7, 11) is 3.80. The van der Waals surface area contributed by atoms with E-state index in [4.69, 9.17) is 4.74 Å². The first-order valence-corrected chi connectivity index (χ1v) is 9.28. The fraction of sp³-hybridized carbons (Fsp3) is 0.526. The minimum Gasteiger partial charge on any atom is -0.492 e. The van der Waals surface area contributed by atoms with Gasteiger partial charge in [-0.25, -0.2) is 0 Å². The Morgan fingerprint density at radius 2 is 2.04 bits per heavy atom. The second-order valence-corrected chi connectivity index (χ2v) is 6.48. The number of aryl methyl sites for hydroxylation is 1. The highest BCUT2D eigenvalue weighted by Gasteiger charge is 2.15. The fourth-order valence-electron chi connectivity index (χ4n) is 3.14. The monoisotopic (exact) mass is 484 g/mol. The molecule has 0 amide bonds. The third-order valence-corrected chi connectivity index (χ3v) is 4.60. The third-order valence-electron chi connectivity index (χ3n) is 4.60. The Balaban J connectivity index is 0.00000261. The molecular formula is C19H29IN6O. The summed E-state index contributed by atoms with van der Waals surface area (Å²) in [6.45, 7) is 2.98. The maximum absolute atomic E-state index is 5.76. The second-order valence-electron chi connectivity index (χ2n) is 6.48. The molecule has 0 fully saturated rings. The molecule has 8 heteroatoms. The van der Waals surface area contributed by atoms with Gasteiger partial charge in [-0.3, -0.25) is 4.99 Å². The molecule has 0 aliphatic carbocycles. The number of likely N-dealkylation sites (N-methyl/N-ethyl adjacent to an activating group) is 1. The first kappa shape index (κ1) is 21.5. The van der Waals surface area contributed by atoms with Crippen LogP contribution in [0.4, 0.5) is 0 Å². The molecule has 7 nitrogen and oxygen atoms in total. The van der Waals surface area contributed by atoms with Gasteiger partial charge in [-0.05, 0) is 25.0 Å². The largest absolute Gasteiger partial charge is 0.492 e. The average molecular weight is 484 g/mol. The van der Waals surface area contributed by atoms with Crippen LogP contribution in [0.3, 0.4) is 0 Å². The topological polar surface area (TPSA) is 67.6 Å². The molecule has 2 heterocycles. The van der Waals surface area contributed by atoms with Crippen molar-refractivity contribution < 1.29 is 4.74 Å². The molecule has 0 radical (unpaired) electrons. The molecule has 3 rings (SSSR count). The van der Waals surface area contributed by atoms with Gasteiger partial charge in [0, 0.05) is 27.1 Å². The molecule has 27 heavy (non-hydrogen) atoms. The summed E-state index contributed by atoms with van der Waals surface area (Å²) < 4.78 is 8.01. The van der Waals surface area contributed by atoms with E-state index in [-0.39, 0.29) is 24.0 Å². The number of benzene rings is 1. The average Bonchev–Trinajstić information content (AvgIpc) is 2.89. The van der Waals surface area contributed by atoms with Crippen molar-refractivity contribution in [3.8, 4) is 5.75 Å². The highest BCUT2D eigenvalue weighted by atomic mass is 127. The van der Waals surface area contributed by atoms with E-state index in [9.17, 15) is 0 Å². The molecular weight excluding hydrogens is 455 g/mol. The molecule has 0 saturated carbocycles. The van der Waals surface area contributed by atoms with E-state index >= 15 is 0 Å². The van der Waals surface area contributed by atoms with Gasteiger partial charge in [0.2, 0.25) is 0 Å². The van der Waals surface area contributed by atoms with Crippen LogP contribution >= 0.6 is 24.0 Å². The number of nitrogens with zero attached hydrogens (tertiary/aromatic N) is 5. The Morgan fingerprint density at radius 3 is 2.81 bits per heavy atom. The minimum atomic E-state index is 0. The fourth-order valence-corrected chi connectivity index (χ4v) is 3.14. The highest BCUT2D eigenvalue weighted by molar-refractivity contribution is 14.0. The van der Waals surface area contributed by atoms with Crippen LogP contribution in [0.1, 0.15) is 30.9 Å². The lowest BCUT2D eigenvalue weighted by Gasteiger charge is -2.22. The second kappa shape index (κ2) is 11.1. The van der Waals surface area contributed by atoms with E-state index in [2.05, 4.69) is 30.0 Å². The van der Waals surface area contributed by atoms with Gasteiger partial charge >= 0.3 is 0 Å². The van der Waals surface area contributed by atoms with Gasteiger partial charge in [0.25, 0.3) is 0 Å². The Bertz CT molecular complexity index is 718. The molecule has 0 atom stereocenters. The quantitative estimate of drug-likeness (QED) is 0.388. The SMILES string of the molecule is CN=C(NCc1nnc2n1CCCCC2)N(C)CCOc1ccccc1.I. The van der Waals surface area contributed by atoms with Crippen LogP contribution in [0.25, 0.3) is 0 Å². The highest BCUT2D eigenvalue weighted by Crippen LogP contribution is 2.14. The summed E-state index contributed by atoms with van der Waals surface area (Å²) in [4.78, 5) is 6.42. The van der Waals surface area contributed by atoms with Crippen molar-refractivity contribution in [2.45, 2.75) is 38.8 Å². The van der Waals surface area contributed by atoms with E-state index in [1.54, 1.807) is 7.05 Å². The lowest BCUT2D eigenvalue weighted by atomic mass is 10.2. The standard InChI is InChI=1S/C19H28N6O.HI/c1-20-19(24(2)13-14-26-16-9-5-3-6-10-16)21-15-18-23-22-17-11-7-4-8-12-25(17)18;/h3,5-6,9-10H,4,7-8,11-15H2,1-2H3,(H,20,21);1H. The van der Waals surface area contributed by atoms with Crippen LogP contribution in [0.15, 0.2) is 35.3 Å². The van der Waals surface area contributed by atoms with E-state index in [0.29, 0.717) is 13.2 Å². The van der Waals surface area contributed by atoms with Gasteiger partial charge in [0.05, 0.1) is 13.1 Å². The molecule has 1 aromatic carbocycles. The van der Waals surface area contributed by atoms with Gasteiger partial charge in [0.15, 0.2) is 11.8 Å². The van der Waals surface area contributed by atoms with Crippen LogP contribution in [0.2, 0.25) is 0 Å². The van der Waals surface area contributed by atoms with Crippen LogP contribution in [0.5, 0.6) is 5.75 Å². The molecule has 0 saturated heterocycles. The van der Waals surface area contributed by atoms with Crippen LogP contribution in [-0.4, -0.2) is 52.9 Å². The molecule has 1 aromatic heterocycles. The number of guanidine groups is 1. The molecule has 0 unspecified atom stereocenters. The number of fused-ring (bicyclic) bond motifs is 1. The van der Waals surface area contributed by atoms with Crippen molar-refractivity contribution in [3.05, 3.63) is 42.0 Å². The third kappa shape index (κ3) is 6.08. The maximum Gasteiger partial charge on any atom is 0.193 e. The number of nitrogens with one attached hydrogen (secondary N) is 1. The van der Waals surface area contributed by atoms with Gasteiger partial charge in [-0.15, -0.1) is 34.2 Å². The van der Waals surface area contributed by atoms with Gasteiger partial charge < -0.3 is 19.5 Å². The molecule has 1 N–H and O–H groups in total. The molecule has 1 aliphatic rings. The Morgan fingerprint density at radius 1 is 1.22 bits per heavy atom. The van der Waals surface area contributed by atoms with Gasteiger partial charge in [-0.1, -0.05) is 24.6 Å². The predicted molar refractivity (Wildman–Crippen MR) is 118 cm³/mol. The van der Waals surface area contributed by atoms with Crippen molar-refractivity contribution in [3.63, 3.8) is 0 Å². The number of hydrogen-bond acceptors (Lipinski definition) is 4. The Hall–Kier alpha value is -1.84. The summed E-state index contributed by atoms with van der Waals surface area (Å²) in [6.07, 6.45) is 4.70. The number of hydrogen-bond donors (Lipinski definition) is 1. The summed E-state index contributed by atoms with van der Waals surface area (Å²) >= 11 is 0. The zero-order valence-electron chi connectivity index (χ0n) is 16.1. The Labute approximate surface area is 178 Å². The maximum atomic E-state index is 5.76. The Kier molecular flexibility index (Phi) is 8.83. The molecule has 0 spiro atoms. The summed E-state index contributed by atoms with van der Waals surface area (Å²) in [6, 6.07) is 9.85.